The monoisotopic (exact) mass is 206 g/mol. The zero-order valence-electron chi connectivity index (χ0n) is 9.58. The molecule has 0 aromatic carbocycles. The van der Waals surface area contributed by atoms with E-state index in [1.807, 2.05) is 13.1 Å². The van der Waals surface area contributed by atoms with Crippen LogP contribution in [0.1, 0.15) is 29.8 Å². The molecule has 0 bridgehead atoms. The van der Waals surface area contributed by atoms with Crippen molar-refractivity contribution < 1.29 is 4.74 Å². The number of pyridine rings is 1. The molecule has 2 rings (SSSR count). The third-order valence-corrected chi connectivity index (χ3v) is 2.83. The summed E-state index contributed by atoms with van der Waals surface area (Å²) in [5.74, 6) is 0. The molecule has 1 N–H and O–H groups in total. The first-order valence-electron chi connectivity index (χ1n) is 5.45. The number of nitrogens with zero attached hydrogens (tertiary/aromatic N) is 1. The predicted octanol–water partition coefficient (Wildman–Crippen LogP) is 1.75. The molecule has 1 aromatic rings. The Morgan fingerprint density at radius 2 is 2.27 bits per heavy atom. The van der Waals surface area contributed by atoms with Gasteiger partial charge in [0, 0.05) is 30.0 Å². The van der Waals surface area contributed by atoms with E-state index in [0.717, 1.165) is 18.8 Å². The first-order chi connectivity index (χ1) is 7.16. The van der Waals surface area contributed by atoms with E-state index in [1.165, 1.54) is 11.1 Å². The van der Waals surface area contributed by atoms with Crippen LogP contribution in [0.4, 0.5) is 0 Å². The lowest BCUT2D eigenvalue weighted by atomic mass is 10.0. The van der Waals surface area contributed by atoms with Gasteiger partial charge in [-0.15, -0.1) is 0 Å². The van der Waals surface area contributed by atoms with Crippen LogP contribution in [-0.4, -0.2) is 24.2 Å². The van der Waals surface area contributed by atoms with E-state index in [9.17, 15) is 0 Å². The highest BCUT2D eigenvalue weighted by atomic mass is 16.5. The fraction of sp³-hybridized carbons (Fsp3) is 0.583. The minimum absolute atomic E-state index is 0.161. The maximum absolute atomic E-state index is 5.79. The third-order valence-electron chi connectivity index (χ3n) is 2.83. The Labute approximate surface area is 90.9 Å². The number of rotatable bonds is 1. The molecule has 1 aliphatic heterocycles. The Morgan fingerprint density at radius 1 is 1.47 bits per heavy atom. The highest BCUT2D eigenvalue weighted by Gasteiger charge is 2.21. The molecule has 0 radical (unpaired) electrons. The second-order valence-electron chi connectivity index (χ2n) is 4.31. The van der Waals surface area contributed by atoms with E-state index < -0.39 is 0 Å². The number of hydrogen-bond donors (Lipinski definition) is 1. The molecule has 1 aromatic heterocycles. The van der Waals surface area contributed by atoms with Crippen molar-refractivity contribution in [2.24, 2.45) is 0 Å². The summed E-state index contributed by atoms with van der Waals surface area (Å²) in [6.45, 7) is 7.92. The minimum atomic E-state index is 0.161. The van der Waals surface area contributed by atoms with Gasteiger partial charge in [0.2, 0.25) is 0 Å². The summed E-state index contributed by atoms with van der Waals surface area (Å²) in [4.78, 5) is 4.33. The van der Waals surface area contributed by atoms with Crippen molar-refractivity contribution in [1.82, 2.24) is 10.3 Å². The minimum Gasteiger partial charge on any atom is -0.371 e. The Kier molecular flexibility index (Phi) is 3.03. The van der Waals surface area contributed by atoms with Gasteiger partial charge >= 0.3 is 0 Å². The summed E-state index contributed by atoms with van der Waals surface area (Å²) in [5, 5.41) is 3.42. The Morgan fingerprint density at radius 3 is 2.87 bits per heavy atom. The fourth-order valence-electron chi connectivity index (χ4n) is 1.93. The highest BCUT2D eigenvalue weighted by Crippen LogP contribution is 2.22. The van der Waals surface area contributed by atoms with E-state index >= 15 is 0 Å². The number of nitrogens with one attached hydrogen (secondary N) is 1. The molecule has 2 heterocycles. The molecule has 0 amide bonds. The van der Waals surface area contributed by atoms with Crippen LogP contribution in [0.2, 0.25) is 0 Å². The second-order valence-corrected chi connectivity index (χ2v) is 4.31. The summed E-state index contributed by atoms with van der Waals surface area (Å²) in [7, 11) is 0. The van der Waals surface area contributed by atoms with Crippen LogP contribution in [0.15, 0.2) is 12.3 Å². The number of morpholine rings is 1. The summed E-state index contributed by atoms with van der Waals surface area (Å²) in [6.07, 6.45) is 2.10. The molecule has 0 saturated carbocycles. The van der Waals surface area contributed by atoms with Gasteiger partial charge in [0.1, 0.15) is 0 Å². The average Bonchev–Trinajstić information content (AvgIpc) is 2.20. The van der Waals surface area contributed by atoms with Crippen molar-refractivity contribution in [2.45, 2.75) is 32.9 Å². The molecule has 0 aliphatic carbocycles. The van der Waals surface area contributed by atoms with Crippen molar-refractivity contribution in [3.63, 3.8) is 0 Å². The maximum Gasteiger partial charge on any atom is 0.0967 e. The van der Waals surface area contributed by atoms with E-state index in [0.29, 0.717) is 6.04 Å². The van der Waals surface area contributed by atoms with Crippen molar-refractivity contribution in [3.8, 4) is 0 Å². The lowest BCUT2D eigenvalue weighted by molar-refractivity contribution is 0.00641. The van der Waals surface area contributed by atoms with Crippen LogP contribution in [0.5, 0.6) is 0 Å². The standard InChI is InChI=1S/C12H18N2O/c1-8-4-9(2)13-5-11(8)12-6-14-10(3)7-15-12/h4-5,10,12,14H,6-7H2,1-3H3. The van der Waals surface area contributed by atoms with Crippen LogP contribution in [0.3, 0.4) is 0 Å². The highest BCUT2D eigenvalue weighted by molar-refractivity contribution is 5.27. The van der Waals surface area contributed by atoms with E-state index in [4.69, 9.17) is 4.74 Å². The molecular weight excluding hydrogens is 188 g/mol. The summed E-state index contributed by atoms with van der Waals surface area (Å²) >= 11 is 0. The van der Waals surface area contributed by atoms with Crippen molar-refractivity contribution in [2.75, 3.05) is 13.2 Å². The molecule has 3 nitrogen and oxygen atoms in total. The Balaban J connectivity index is 2.15. The van der Waals surface area contributed by atoms with E-state index in [1.54, 1.807) is 0 Å². The van der Waals surface area contributed by atoms with Gasteiger partial charge < -0.3 is 10.1 Å². The number of aryl methyl sites for hydroxylation is 2. The predicted molar refractivity (Wildman–Crippen MR) is 59.9 cm³/mol. The van der Waals surface area contributed by atoms with Crippen molar-refractivity contribution in [1.29, 1.82) is 0 Å². The third kappa shape index (κ3) is 2.36. The van der Waals surface area contributed by atoms with Gasteiger partial charge in [0.15, 0.2) is 0 Å². The molecular formula is C12H18N2O. The van der Waals surface area contributed by atoms with Crippen LogP contribution < -0.4 is 5.32 Å². The lowest BCUT2D eigenvalue weighted by Gasteiger charge is -2.29. The quantitative estimate of drug-likeness (QED) is 0.760. The van der Waals surface area contributed by atoms with Gasteiger partial charge in [0.25, 0.3) is 0 Å². The van der Waals surface area contributed by atoms with Gasteiger partial charge in [-0.1, -0.05) is 0 Å². The van der Waals surface area contributed by atoms with E-state index in [-0.39, 0.29) is 6.10 Å². The number of hydrogen-bond acceptors (Lipinski definition) is 3. The summed E-state index contributed by atoms with van der Waals surface area (Å²) in [6, 6.07) is 2.57. The number of aromatic nitrogens is 1. The SMILES string of the molecule is Cc1cc(C)c(C2CNC(C)CO2)cn1. The maximum atomic E-state index is 5.79. The second kappa shape index (κ2) is 4.29. The lowest BCUT2D eigenvalue weighted by Crippen LogP contribution is -2.40. The first kappa shape index (κ1) is 10.6. The van der Waals surface area contributed by atoms with Gasteiger partial charge in [-0.3, -0.25) is 4.98 Å². The smallest absolute Gasteiger partial charge is 0.0967 e. The normalized spacial score (nSPS) is 26.6. The number of ether oxygens (including phenoxy) is 1. The van der Waals surface area contributed by atoms with Gasteiger partial charge in [-0.2, -0.15) is 0 Å². The Bertz CT molecular complexity index is 343. The molecule has 1 fully saturated rings. The molecule has 2 unspecified atom stereocenters. The fourth-order valence-corrected chi connectivity index (χ4v) is 1.93. The molecule has 0 spiro atoms. The molecule has 3 heteroatoms. The molecule has 1 saturated heterocycles. The largest absolute Gasteiger partial charge is 0.371 e. The van der Waals surface area contributed by atoms with Crippen LogP contribution in [0.25, 0.3) is 0 Å². The Hall–Kier alpha value is -0.930. The van der Waals surface area contributed by atoms with Gasteiger partial charge in [-0.25, -0.2) is 0 Å². The van der Waals surface area contributed by atoms with Crippen molar-refractivity contribution >= 4 is 0 Å². The van der Waals surface area contributed by atoms with Crippen LogP contribution in [0, 0.1) is 13.8 Å². The van der Waals surface area contributed by atoms with Crippen LogP contribution >= 0.6 is 0 Å². The van der Waals surface area contributed by atoms with Crippen molar-refractivity contribution in [3.05, 3.63) is 29.1 Å². The van der Waals surface area contributed by atoms with Crippen LogP contribution in [-0.2, 0) is 4.74 Å². The molecule has 15 heavy (non-hydrogen) atoms. The average molecular weight is 206 g/mol. The summed E-state index contributed by atoms with van der Waals surface area (Å²) < 4.78 is 5.79. The van der Waals surface area contributed by atoms with E-state index in [2.05, 4.69) is 30.2 Å². The zero-order valence-corrected chi connectivity index (χ0v) is 9.58. The molecule has 82 valence electrons. The topological polar surface area (TPSA) is 34.1 Å². The van der Waals surface area contributed by atoms with Gasteiger partial charge in [-0.05, 0) is 32.4 Å². The first-order valence-corrected chi connectivity index (χ1v) is 5.45. The zero-order chi connectivity index (χ0) is 10.8. The molecule has 2 atom stereocenters. The van der Waals surface area contributed by atoms with Gasteiger partial charge in [0.05, 0.1) is 12.7 Å². The summed E-state index contributed by atoms with van der Waals surface area (Å²) in [5.41, 5.74) is 3.54. The molecule has 1 aliphatic rings.